The summed E-state index contributed by atoms with van der Waals surface area (Å²) in [5.74, 6) is 0.216. The fraction of sp³-hybridized carbons (Fsp3) is 0.562. The van der Waals surface area contributed by atoms with E-state index in [1.807, 2.05) is 35.2 Å². The molecule has 2 aliphatic rings. The van der Waals surface area contributed by atoms with Gasteiger partial charge < -0.3 is 9.80 Å². The minimum absolute atomic E-state index is 0.155. The summed E-state index contributed by atoms with van der Waals surface area (Å²) in [5.41, 5.74) is 1.07. The molecule has 0 bridgehead atoms. The predicted octanol–water partition coefficient (Wildman–Crippen LogP) is 1.60. The van der Waals surface area contributed by atoms with Gasteiger partial charge in [0.15, 0.2) is 0 Å². The zero-order chi connectivity index (χ0) is 13.8. The fourth-order valence-corrected chi connectivity index (χ4v) is 3.09. The summed E-state index contributed by atoms with van der Waals surface area (Å²) in [5, 5.41) is 3.32. The molecule has 1 N–H and O–H groups in total. The highest BCUT2D eigenvalue weighted by molar-refractivity contribution is 5.85. The fourth-order valence-electron chi connectivity index (χ4n) is 3.09. The largest absolute Gasteiger partial charge is 0.327 e. The van der Waals surface area contributed by atoms with Crippen molar-refractivity contribution in [2.24, 2.45) is 0 Å². The van der Waals surface area contributed by atoms with E-state index in [9.17, 15) is 4.79 Å². The van der Waals surface area contributed by atoms with Crippen molar-refractivity contribution in [2.75, 3.05) is 32.8 Å². The first kappa shape index (κ1) is 13.6. The van der Waals surface area contributed by atoms with Gasteiger partial charge in [0.05, 0.1) is 6.67 Å². The summed E-state index contributed by atoms with van der Waals surface area (Å²) in [7, 11) is 0. The van der Waals surface area contributed by atoms with Crippen LogP contribution in [-0.2, 0) is 4.79 Å². The Balaban J connectivity index is 1.53. The molecule has 1 aromatic carbocycles. The van der Waals surface area contributed by atoms with Crippen LogP contribution in [0.3, 0.4) is 0 Å². The number of nitrogens with zero attached hydrogens (tertiary/aromatic N) is 2. The maximum absolute atomic E-state index is 12.4. The average molecular weight is 273 g/mol. The second-order valence-corrected chi connectivity index (χ2v) is 5.71. The van der Waals surface area contributed by atoms with Gasteiger partial charge in [-0.15, -0.1) is 0 Å². The number of benzene rings is 1. The lowest BCUT2D eigenvalue weighted by atomic mass is 10.1. The number of hydrogen-bond donors (Lipinski definition) is 1. The molecule has 108 valence electrons. The molecule has 0 aliphatic carbocycles. The third-order valence-corrected chi connectivity index (χ3v) is 4.31. The molecule has 4 nitrogen and oxygen atoms in total. The topological polar surface area (TPSA) is 35.6 Å². The Bertz CT molecular complexity index is 442. The third kappa shape index (κ3) is 3.02. The molecule has 2 fully saturated rings. The van der Waals surface area contributed by atoms with Crippen molar-refractivity contribution in [1.82, 2.24) is 15.1 Å². The van der Waals surface area contributed by atoms with E-state index in [1.165, 1.54) is 32.4 Å². The van der Waals surface area contributed by atoms with E-state index in [0.29, 0.717) is 6.67 Å². The molecule has 1 atom stereocenters. The van der Waals surface area contributed by atoms with Gasteiger partial charge in [-0.2, -0.15) is 0 Å². The van der Waals surface area contributed by atoms with Crippen molar-refractivity contribution in [3.63, 3.8) is 0 Å². The summed E-state index contributed by atoms with van der Waals surface area (Å²) in [6, 6.07) is 9.84. The number of hydrogen-bond acceptors (Lipinski definition) is 3. The molecular weight excluding hydrogens is 250 g/mol. The quantitative estimate of drug-likeness (QED) is 0.905. The third-order valence-electron chi connectivity index (χ3n) is 4.31. The summed E-state index contributed by atoms with van der Waals surface area (Å²) < 4.78 is 0. The van der Waals surface area contributed by atoms with Gasteiger partial charge in [-0.05, 0) is 31.5 Å². The van der Waals surface area contributed by atoms with Crippen LogP contribution < -0.4 is 5.32 Å². The molecule has 0 saturated carbocycles. The zero-order valence-electron chi connectivity index (χ0n) is 11.9. The molecular formula is C16H23N3O. The maximum atomic E-state index is 12.4. The second kappa shape index (κ2) is 6.37. The predicted molar refractivity (Wildman–Crippen MR) is 79.2 cm³/mol. The molecule has 2 heterocycles. The lowest BCUT2D eigenvalue weighted by Crippen LogP contribution is -2.39. The van der Waals surface area contributed by atoms with Crippen molar-refractivity contribution in [1.29, 1.82) is 0 Å². The van der Waals surface area contributed by atoms with Crippen molar-refractivity contribution in [2.45, 2.75) is 25.3 Å². The second-order valence-electron chi connectivity index (χ2n) is 5.71. The van der Waals surface area contributed by atoms with Gasteiger partial charge in [0.1, 0.15) is 6.04 Å². The number of piperidine rings is 1. The van der Waals surface area contributed by atoms with Crippen LogP contribution in [0.4, 0.5) is 0 Å². The van der Waals surface area contributed by atoms with Crippen LogP contribution in [0, 0.1) is 0 Å². The number of nitrogens with one attached hydrogen (secondary N) is 1. The van der Waals surface area contributed by atoms with Crippen LogP contribution in [-0.4, -0.2) is 48.6 Å². The van der Waals surface area contributed by atoms with Crippen molar-refractivity contribution >= 4 is 5.91 Å². The van der Waals surface area contributed by atoms with E-state index in [1.54, 1.807) is 0 Å². The standard InChI is InChI=1S/C16H23N3O/c20-16-15(14-7-3-1-4-8-14)17-13-19(16)12-11-18-9-5-2-6-10-18/h1,3-4,7-8,15,17H,2,5-6,9-13H2. The van der Waals surface area contributed by atoms with Crippen LogP contribution >= 0.6 is 0 Å². The Hall–Kier alpha value is -1.39. The van der Waals surface area contributed by atoms with Gasteiger partial charge >= 0.3 is 0 Å². The summed E-state index contributed by atoms with van der Waals surface area (Å²) >= 11 is 0. The minimum Gasteiger partial charge on any atom is -0.327 e. The minimum atomic E-state index is -0.155. The highest BCUT2D eigenvalue weighted by Crippen LogP contribution is 2.20. The first-order chi connectivity index (χ1) is 9.84. The van der Waals surface area contributed by atoms with Crippen molar-refractivity contribution < 1.29 is 4.79 Å². The lowest BCUT2D eigenvalue weighted by molar-refractivity contribution is -0.129. The number of carbonyl (C=O) groups excluding carboxylic acids is 1. The van der Waals surface area contributed by atoms with E-state index < -0.39 is 0 Å². The Morgan fingerprint density at radius 1 is 1.05 bits per heavy atom. The van der Waals surface area contributed by atoms with Crippen molar-refractivity contribution in [3.05, 3.63) is 35.9 Å². The SMILES string of the molecule is O=C1C(c2ccccc2)NCN1CCN1CCCCC1. The number of rotatable bonds is 4. The molecule has 2 saturated heterocycles. The lowest BCUT2D eigenvalue weighted by Gasteiger charge is -2.28. The number of likely N-dealkylation sites (tertiary alicyclic amines) is 1. The molecule has 1 amide bonds. The molecule has 4 heteroatoms. The Morgan fingerprint density at radius 2 is 1.80 bits per heavy atom. The first-order valence-electron chi connectivity index (χ1n) is 7.64. The van der Waals surface area contributed by atoms with Gasteiger partial charge in [-0.3, -0.25) is 10.1 Å². The Morgan fingerprint density at radius 3 is 2.55 bits per heavy atom. The molecule has 20 heavy (non-hydrogen) atoms. The van der Waals surface area contributed by atoms with Gasteiger partial charge in [0.25, 0.3) is 0 Å². The molecule has 0 radical (unpaired) electrons. The van der Waals surface area contributed by atoms with E-state index in [0.717, 1.165) is 18.7 Å². The first-order valence-corrected chi connectivity index (χ1v) is 7.64. The number of carbonyl (C=O) groups is 1. The highest BCUT2D eigenvalue weighted by Gasteiger charge is 2.31. The molecule has 1 aromatic rings. The van der Waals surface area contributed by atoms with Gasteiger partial charge in [0.2, 0.25) is 5.91 Å². The van der Waals surface area contributed by atoms with Crippen LogP contribution in [0.5, 0.6) is 0 Å². The van der Waals surface area contributed by atoms with Crippen LogP contribution in [0.25, 0.3) is 0 Å². The average Bonchev–Trinajstić information content (AvgIpc) is 2.88. The van der Waals surface area contributed by atoms with Crippen molar-refractivity contribution in [3.8, 4) is 0 Å². The van der Waals surface area contributed by atoms with E-state index in [-0.39, 0.29) is 11.9 Å². The zero-order valence-corrected chi connectivity index (χ0v) is 11.9. The summed E-state index contributed by atoms with van der Waals surface area (Å²) in [6.07, 6.45) is 3.97. The van der Waals surface area contributed by atoms with Gasteiger partial charge in [-0.25, -0.2) is 0 Å². The van der Waals surface area contributed by atoms with E-state index >= 15 is 0 Å². The number of amides is 1. The van der Waals surface area contributed by atoms with Crippen LogP contribution in [0.1, 0.15) is 30.9 Å². The van der Waals surface area contributed by atoms with E-state index in [4.69, 9.17) is 0 Å². The van der Waals surface area contributed by atoms with Crippen LogP contribution in [0.15, 0.2) is 30.3 Å². The summed E-state index contributed by atoms with van der Waals surface area (Å²) in [4.78, 5) is 16.9. The molecule has 3 rings (SSSR count). The summed E-state index contributed by atoms with van der Waals surface area (Å²) in [6.45, 7) is 4.91. The van der Waals surface area contributed by atoms with Gasteiger partial charge in [-0.1, -0.05) is 36.8 Å². The Labute approximate surface area is 120 Å². The smallest absolute Gasteiger partial charge is 0.245 e. The molecule has 2 aliphatic heterocycles. The van der Waals surface area contributed by atoms with E-state index in [2.05, 4.69) is 10.2 Å². The van der Waals surface area contributed by atoms with Crippen LogP contribution in [0.2, 0.25) is 0 Å². The van der Waals surface area contributed by atoms with Gasteiger partial charge in [0, 0.05) is 13.1 Å². The molecule has 0 aromatic heterocycles. The Kier molecular flexibility index (Phi) is 4.33. The normalized spacial score (nSPS) is 24.3. The monoisotopic (exact) mass is 273 g/mol. The molecule has 1 unspecified atom stereocenters. The maximum Gasteiger partial charge on any atom is 0.245 e. The highest BCUT2D eigenvalue weighted by atomic mass is 16.2. The molecule has 0 spiro atoms.